The van der Waals surface area contributed by atoms with Crippen molar-refractivity contribution in [2.45, 2.75) is 51.3 Å². The van der Waals surface area contributed by atoms with Crippen molar-refractivity contribution in [3.63, 3.8) is 0 Å². The third kappa shape index (κ3) is 4.72. The fourth-order valence-corrected chi connectivity index (χ4v) is 2.61. The molecule has 21 heavy (non-hydrogen) atoms. The molecule has 5 nitrogen and oxygen atoms in total. The molecule has 1 aliphatic heterocycles. The van der Waals surface area contributed by atoms with E-state index in [1.54, 1.807) is 0 Å². The summed E-state index contributed by atoms with van der Waals surface area (Å²) in [6.07, 6.45) is 1.66. The number of benzene rings is 1. The molecule has 1 saturated heterocycles. The van der Waals surface area contributed by atoms with Gasteiger partial charge in [-0.25, -0.2) is 4.79 Å². The molecule has 0 aliphatic carbocycles. The number of nitrogens with one attached hydrogen (secondary N) is 2. The number of hydrogen-bond acceptors (Lipinski definition) is 3. The van der Waals surface area contributed by atoms with Gasteiger partial charge in [-0.1, -0.05) is 12.1 Å². The van der Waals surface area contributed by atoms with Gasteiger partial charge < -0.3 is 21.1 Å². The second kappa shape index (κ2) is 6.45. The number of nitrogens with two attached hydrogens (primary N) is 1. The zero-order chi connectivity index (χ0) is 15.5. The maximum atomic E-state index is 12.1. The highest BCUT2D eigenvalue weighted by atomic mass is 16.5. The summed E-state index contributed by atoms with van der Waals surface area (Å²) in [5.74, 6) is 0. The second-order valence-corrected chi connectivity index (χ2v) is 6.31. The second-order valence-electron chi connectivity index (χ2n) is 6.31. The molecular formula is C16H25N3O2. The van der Waals surface area contributed by atoms with Crippen molar-refractivity contribution in [3.05, 3.63) is 29.8 Å². The van der Waals surface area contributed by atoms with Gasteiger partial charge in [0.1, 0.15) is 0 Å². The lowest BCUT2D eigenvalue weighted by molar-refractivity contribution is -0.0609. The molecular weight excluding hydrogens is 266 g/mol. The first-order valence-electron chi connectivity index (χ1n) is 7.43. The highest BCUT2D eigenvalue weighted by Crippen LogP contribution is 2.24. The molecule has 2 amide bonds. The largest absolute Gasteiger partial charge is 0.375 e. The van der Waals surface area contributed by atoms with E-state index in [0.717, 1.165) is 24.1 Å². The number of carbonyl (C=O) groups excluding carboxylic acids is 1. The summed E-state index contributed by atoms with van der Waals surface area (Å²) in [5.41, 5.74) is 7.43. The van der Waals surface area contributed by atoms with E-state index < -0.39 is 0 Å². The van der Waals surface area contributed by atoms with Crippen LogP contribution in [0, 0.1) is 0 Å². The van der Waals surface area contributed by atoms with Crippen molar-refractivity contribution in [2.75, 3.05) is 11.9 Å². The fraction of sp³-hybridized carbons (Fsp3) is 0.562. The molecule has 2 atom stereocenters. The van der Waals surface area contributed by atoms with Crippen molar-refractivity contribution in [3.8, 4) is 0 Å². The average Bonchev–Trinajstić information content (AvgIpc) is 2.37. The van der Waals surface area contributed by atoms with Crippen LogP contribution in [0.2, 0.25) is 0 Å². The van der Waals surface area contributed by atoms with Crippen LogP contribution in [0.25, 0.3) is 0 Å². The summed E-state index contributed by atoms with van der Waals surface area (Å²) in [7, 11) is 0. The molecule has 1 heterocycles. The Labute approximate surface area is 126 Å². The highest BCUT2D eigenvalue weighted by molar-refractivity contribution is 5.89. The number of ether oxygens (including phenoxy) is 1. The molecule has 116 valence electrons. The average molecular weight is 291 g/mol. The Morgan fingerprint density at radius 1 is 1.48 bits per heavy atom. The van der Waals surface area contributed by atoms with Gasteiger partial charge in [-0.05, 0) is 51.3 Å². The minimum Gasteiger partial charge on any atom is -0.375 e. The van der Waals surface area contributed by atoms with E-state index in [1.807, 2.05) is 45.0 Å². The Morgan fingerprint density at radius 2 is 2.24 bits per heavy atom. The molecule has 0 aromatic heterocycles. The first kappa shape index (κ1) is 15.8. The van der Waals surface area contributed by atoms with Crippen LogP contribution in [0.4, 0.5) is 10.5 Å². The topological polar surface area (TPSA) is 76.4 Å². The van der Waals surface area contributed by atoms with E-state index in [4.69, 9.17) is 10.5 Å². The molecule has 1 aliphatic rings. The maximum Gasteiger partial charge on any atom is 0.319 e. The number of hydrogen-bond donors (Lipinski definition) is 3. The van der Waals surface area contributed by atoms with Crippen LogP contribution in [0.5, 0.6) is 0 Å². The van der Waals surface area contributed by atoms with E-state index in [2.05, 4.69) is 10.6 Å². The Hall–Kier alpha value is -1.59. The molecule has 1 aromatic rings. The predicted molar refractivity (Wildman–Crippen MR) is 84.3 cm³/mol. The van der Waals surface area contributed by atoms with Crippen molar-refractivity contribution in [1.82, 2.24) is 5.32 Å². The summed E-state index contributed by atoms with van der Waals surface area (Å²) in [6, 6.07) is 7.52. The zero-order valence-corrected chi connectivity index (χ0v) is 13.0. The minimum absolute atomic E-state index is 0.0499. The Kier molecular flexibility index (Phi) is 4.85. The Morgan fingerprint density at radius 3 is 2.90 bits per heavy atom. The SMILES string of the molecule is CC(N)c1cccc(NC(=O)NC2CCOC(C)(C)C2)c1. The van der Waals surface area contributed by atoms with Gasteiger partial charge in [0.2, 0.25) is 0 Å². The molecule has 0 bridgehead atoms. The van der Waals surface area contributed by atoms with E-state index in [9.17, 15) is 4.79 Å². The molecule has 0 saturated carbocycles. The van der Waals surface area contributed by atoms with Crippen molar-refractivity contribution < 1.29 is 9.53 Å². The summed E-state index contributed by atoms with van der Waals surface area (Å²) in [5, 5.41) is 5.88. The highest BCUT2D eigenvalue weighted by Gasteiger charge is 2.29. The van der Waals surface area contributed by atoms with Crippen LogP contribution in [0.15, 0.2) is 24.3 Å². The van der Waals surface area contributed by atoms with Crippen LogP contribution in [0.1, 0.15) is 45.2 Å². The number of rotatable bonds is 3. The summed E-state index contributed by atoms with van der Waals surface area (Å²) in [4.78, 5) is 12.1. The molecule has 1 fully saturated rings. The lowest BCUT2D eigenvalue weighted by Crippen LogP contribution is -2.47. The number of amides is 2. The Balaban J connectivity index is 1.91. The van der Waals surface area contributed by atoms with Crippen LogP contribution >= 0.6 is 0 Å². The molecule has 5 heteroatoms. The standard InChI is InChI=1S/C16H25N3O2/c1-11(17)12-5-4-6-13(9-12)18-15(20)19-14-7-8-21-16(2,3)10-14/h4-6,9,11,14H,7-8,10,17H2,1-3H3,(H2,18,19,20). The van der Waals surface area contributed by atoms with E-state index in [1.165, 1.54) is 0 Å². The van der Waals surface area contributed by atoms with Crippen LogP contribution in [-0.2, 0) is 4.74 Å². The number of carbonyl (C=O) groups is 1. The van der Waals surface area contributed by atoms with Gasteiger partial charge in [-0.3, -0.25) is 0 Å². The number of urea groups is 1. The third-order valence-corrected chi connectivity index (χ3v) is 3.70. The summed E-state index contributed by atoms with van der Waals surface area (Å²) in [6.45, 7) is 6.69. The van der Waals surface area contributed by atoms with Gasteiger partial charge >= 0.3 is 6.03 Å². The van der Waals surface area contributed by atoms with Gasteiger partial charge in [0.15, 0.2) is 0 Å². The maximum absolute atomic E-state index is 12.1. The molecule has 4 N–H and O–H groups in total. The zero-order valence-electron chi connectivity index (χ0n) is 13.0. The van der Waals surface area contributed by atoms with Gasteiger partial charge in [0, 0.05) is 24.4 Å². The monoisotopic (exact) mass is 291 g/mol. The van der Waals surface area contributed by atoms with Crippen LogP contribution < -0.4 is 16.4 Å². The first-order valence-corrected chi connectivity index (χ1v) is 7.43. The van der Waals surface area contributed by atoms with Gasteiger partial charge in [0.25, 0.3) is 0 Å². The van der Waals surface area contributed by atoms with E-state index in [0.29, 0.717) is 6.61 Å². The van der Waals surface area contributed by atoms with Gasteiger partial charge in [-0.15, -0.1) is 0 Å². The van der Waals surface area contributed by atoms with Crippen LogP contribution in [0.3, 0.4) is 0 Å². The van der Waals surface area contributed by atoms with Crippen molar-refractivity contribution >= 4 is 11.7 Å². The summed E-state index contributed by atoms with van der Waals surface area (Å²) >= 11 is 0. The molecule has 0 radical (unpaired) electrons. The fourth-order valence-electron chi connectivity index (χ4n) is 2.61. The van der Waals surface area contributed by atoms with Crippen molar-refractivity contribution in [2.24, 2.45) is 5.73 Å². The molecule has 2 rings (SSSR count). The van der Waals surface area contributed by atoms with E-state index in [-0.39, 0.29) is 23.7 Å². The quantitative estimate of drug-likeness (QED) is 0.801. The van der Waals surface area contributed by atoms with E-state index >= 15 is 0 Å². The lowest BCUT2D eigenvalue weighted by atomic mass is 9.94. The normalized spacial score (nSPS) is 22.4. The van der Waals surface area contributed by atoms with Gasteiger partial charge in [0.05, 0.1) is 5.60 Å². The van der Waals surface area contributed by atoms with Gasteiger partial charge in [-0.2, -0.15) is 0 Å². The number of anilines is 1. The smallest absolute Gasteiger partial charge is 0.319 e. The van der Waals surface area contributed by atoms with Crippen molar-refractivity contribution in [1.29, 1.82) is 0 Å². The Bertz CT molecular complexity index is 500. The third-order valence-electron chi connectivity index (χ3n) is 3.70. The predicted octanol–water partition coefficient (Wildman–Crippen LogP) is 2.79. The molecule has 1 aromatic carbocycles. The minimum atomic E-state index is -0.181. The molecule has 0 spiro atoms. The molecule has 2 unspecified atom stereocenters. The summed E-state index contributed by atoms with van der Waals surface area (Å²) < 4.78 is 5.65. The first-order chi connectivity index (χ1) is 9.85. The lowest BCUT2D eigenvalue weighted by Gasteiger charge is -2.35. The van der Waals surface area contributed by atoms with Crippen LogP contribution in [-0.4, -0.2) is 24.3 Å².